The summed E-state index contributed by atoms with van der Waals surface area (Å²) in [6.07, 6.45) is 0. The Morgan fingerprint density at radius 1 is 0.771 bits per heavy atom. The Morgan fingerprint density at radius 2 is 1.37 bits per heavy atom. The molecule has 4 aromatic carbocycles. The fourth-order valence-electron chi connectivity index (χ4n) is 4.54. The SMILES string of the molecule is Cc1ccccc1-n1c(SC(c2ccccc2)c2ccccc2)nc2c([nH]c3ccccc32)c1=O. The molecule has 6 aromatic rings. The average molecular weight is 474 g/mol. The molecule has 0 aliphatic carbocycles. The van der Waals surface area contributed by atoms with Crippen molar-refractivity contribution in [2.24, 2.45) is 0 Å². The fourth-order valence-corrected chi connectivity index (χ4v) is 5.77. The maximum Gasteiger partial charge on any atom is 0.283 e. The second kappa shape index (κ2) is 8.93. The van der Waals surface area contributed by atoms with Gasteiger partial charge in [-0.05, 0) is 35.7 Å². The van der Waals surface area contributed by atoms with Crippen molar-refractivity contribution in [1.29, 1.82) is 0 Å². The molecular weight excluding hydrogens is 450 g/mol. The minimum Gasteiger partial charge on any atom is -0.349 e. The standard InChI is InChI=1S/C30H23N3OS/c1-20-12-8-11-19-25(20)33-29(34)27-26(23-17-9-10-18-24(23)31-27)32-30(33)35-28(21-13-4-2-5-14-21)22-15-6-3-7-16-22/h2-19,28,31H,1H3. The van der Waals surface area contributed by atoms with Crippen molar-refractivity contribution >= 4 is 33.7 Å². The van der Waals surface area contributed by atoms with Gasteiger partial charge in [0, 0.05) is 10.9 Å². The van der Waals surface area contributed by atoms with Crippen LogP contribution in [0.2, 0.25) is 0 Å². The fraction of sp³-hybridized carbons (Fsp3) is 0.0667. The van der Waals surface area contributed by atoms with Gasteiger partial charge in [0.25, 0.3) is 5.56 Å². The molecule has 35 heavy (non-hydrogen) atoms. The second-order valence-corrected chi connectivity index (χ2v) is 9.61. The molecule has 0 saturated carbocycles. The summed E-state index contributed by atoms with van der Waals surface area (Å²) >= 11 is 1.60. The number of nitrogens with one attached hydrogen (secondary N) is 1. The molecule has 0 aliphatic heterocycles. The largest absolute Gasteiger partial charge is 0.349 e. The van der Waals surface area contributed by atoms with Crippen molar-refractivity contribution in [2.75, 3.05) is 0 Å². The Bertz CT molecular complexity index is 1670. The van der Waals surface area contributed by atoms with Gasteiger partial charge in [0.1, 0.15) is 11.0 Å². The quantitative estimate of drug-likeness (QED) is 0.215. The first-order valence-corrected chi connectivity index (χ1v) is 12.4. The lowest BCUT2D eigenvalue weighted by atomic mass is 10.0. The predicted molar refractivity (Wildman–Crippen MR) is 145 cm³/mol. The molecule has 0 fully saturated rings. The number of thioether (sulfide) groups is 1. The first-order chi connectivity index (χ1) is 17.2. The van der Waals surface area contributed by atoms with Gasteiger partial charge in [-0.3, -0.25) is 9.36 Å². The van der Waals surface area contributed by atoms with Crippen LogP contribution in [0.4, 0.5) is 0 Å². The van der Waals surface area contributed by atoms with E-state index >= 15 is 0 Å². The highest BCUT2D eigenvalue weighted by molar-refractivity contribution is 7.99. The van der Waals surface area contributed by atoms with E-state index in [1.807, 2.05) is 67.6 Å². The lowest BCUT2D eigenvalue weighted by Crippen LogP contribution is -2.23. The molecule has 0 saturated heterocycles. The Balaban J connectivity index is 1.64. The van der Waals surface area contributed by atoms with Crippen LogP contribution in [-0.4, -0.2) is 14.5 Å². The van der Waals surface area contributed by atoms with Crippen molar-refractivity contribution in [3.63, 3.8) is 0 Å². The van der Waals surface area contributed by atoms with E-state index in [9.17, 15) is 4.79 Å². The zero-order valence-corrected chi connectivity index (χ0v) is 20.0. The van der Waals surface area contributed by atoms with Crippen LogP contribution in [0.5, 0.6) is 0 Å². The number of nitrogens with zero attached hydrogens (tertiary/aromatic N) is 2. The molecule has 2 aromatic heterocycles. The van der Waals surface area contributed by atoms with E-state index < -0.39 is 0 Å². The zero-order valence-electron chi connectivity index (χ0n) is 19.2. The number of hydrogen-bond acceptors (Lipinski definition) is 3. The third-order valence-electron chi connectivity index (χ3n) is 6.28. The van der Waals surface area contributed by atoms with Gasteiger partial charge < -0.3 is 4.98 Å². The van der Waals surface area contributed by atoms with E-state index in [-0.39, 0.29) is 10.8 Å². The van der Waals surface area contributed by atoms with Gasteiger partial charge in [0.05, 0.1) is 10.9 Å². The van der Waals surface area contributed by atoms with Crippen LogP contribution in [0, 0.1) is 6.92 Å². The van der Waals surface area contributed by atoms with Crippen molar-refractivity contribution in [3.8, 4) is 5.69 Å². The zero-order chi connectivity index (χ0) is 23.8. The van der Waals surface area contributed by atoms with Crippen molar-refractivity contribution in [1.82, 2.24) is 14.5 Å². The highest BCUT2D eigenvalue weighted by atomic mass is 32.2. The summed E-state index contributed by atoms with van der Waals surface area (Å²) in [4.78, 5) is 22.4. The van der Waals surface area contributed by atoms with Crippen molar-refractivity contribution < 1.29 is 0 Å². The lowest BCUT2D eigenvalue weighted by Gasteiger charge is -2.20. The Labute approximate surface area is 207 Å². The smallest absolute Gasteiger partial charge is 0.283 e. The third-order valence-corrected chi connectivity index (χ3v) is 7.54. The van der Waals surface area contributed by atoms with Crippen LogP contribution < -0.4 is 5.56 Å². The van der Waals surface area contributed by atoms with Crippen LogP contribution in [0.1, 0.15) is 21.9 Å². The van der Waals surface area contributed by atoms with Gasteiger partial charge in [0.15, 0.2) is 5.16 Å². The number of fused-ring (bicyclic) bond motifs is 3. The molecular formula is C30H23N3OS. The molecule has 0 bridgehead atoms. The molecule has 2 heterocycles. The van der Waals surface area contributed by atoms with Crippen LogP contribution in [0.3, 0.4) is 0 Å². The van der Waals surface area contributed by atoms with E-state index in [0.717, 1.165) is 33.3 Å². The molecule has 0 unspecified atom stereocenters. The van der Waals surface area contributed by atoms with E-state index in [4.69, 9.17) is 4.98 Å². The van der Waals surface area contributed by atoms with E-state index in [1.54, 1.807) is 16.3 Å². The van der Waals surface area contributed by atoms with Gasteiger partial charge >= 0.3 is 0 Å². The van der Waals surface area contributed by atoms with E-state index in [0.29, 0.717) is 16.2 Å². The predicted octanol–water partition coefficient (Wildman–Crippen LogP) is 7.06. The summed E-state index contributed by atoms with van der Waals surface area (Å²) in [5.41, 5.74) is 6.22. The molecule has 0 atom stereocenters. The summed E-state index contributed by atoms with van der Waals surface area (Å²) in [5.74, 6) is 0. The summed E-state index contributed by atoms with van der Waals surface area (Å²) < 4.78 is 1.76. The Hall–Kier alpha value is -4.09. The first kappa shape index (κ1) is 21.4. The topological polar surface area (TPSA) is 50.7 Å². The lowest BCUT2D eigenvalue weighted by molar-refractivity contribution is 0.811. The minimum atomic E-state index is -0.0946. The summed E-state index contributed by atoms with van der Waals surface area (Å²) in [5, 5.41) is 1.59. The average Bonchev–Trinajstić information content (AvgIpc) is 3.28. The minimum absolute atomic E-state index is 0.0257. The monoisotopic (exact) mass is 473 g/mol. The van der Waals surface area contributed by atoms with E-state index in [1.165, 1.54) is 0 Å². The maximum atomic E-state index is 14.0. The molecule has 0 radical (unpaired) electrons. The van der Waals surface area contributed by atoms with Gasteiger partial charge in [0.2, 0.25) is 0 Å². The summed E-state index contributed by atoms with van der Waals surface area (Å²) in [6.45, 7) is 2.03. The van der Waals surface area contributed by atoms with Gasteiger partial charge in [-0.25, -0.2) is 4.98 Å². The van der Waals surface area contributed by atoms with Crippen LogP contribution in [-0.2, 0) is 0 Å². The number of aromatic amines is 1. The molecule has 170 valence electrons. The van der Waals surface area contributed by atoms with Crippen LogP contribution in [0.25, 0.3) is 27.6 Å². The van der Waals surface area contributed by atoms with Gasteiger partial charge in [-0.2, -0.15) is 0 Å². The second-order valence-electron chi connectivity index (χ2n) is 8.53. The molecule has 4 nitrogen and oxygen atoms in total. The number of benzene rings is 4. The third kappa shape index (κ3) is 3.84. The Morgan fingerprint density at radius 3 is 2.06 bits per heavy atom. The number of aromatic nitrogens is 3. The molecule has 1 N–H and O–H groups in total. The molecule has 6 rings (SSSR count). The van der Waals surface area contributed by atoms with Crippen LogP contribution in [0.15, 0.2) is 119 Å². The number of hydrogen-bond donors (Lipinski definition) is 1. The summed E-state index contributed by atoms with van der Waals surface area (Å²) in [7, 11) is 0. The van der Waals surface area contributed by atoms with E-state index in [2.05, 4.69) is 53.5 Å². The highest BCUT2D eigenvalue weighted by Gasteiger charge is 2.23. The molecule has 0 amide bonds. The maximum absolute atomic E-state index is 14.0. The summed E-state index contributed by atoms with van der Waals surface area (Å²) in [6, 6.07) is 36.7. The molecule has 0 aliphatic rings. The van der Waals surface area contributed by atoms with Crippen LogP contribution >= 0.6 is 11.8 Å². The Kier molecular flexibility index (Phi) is 5.47. The number of para-hydroxylation sites is 2. The number of rotatable bonds is 5. The molecule has 0 spiro atoms. The van der Waals surface area contributed by atoms with Crippen molar-refractivity contribution in [3.05, 3.63) is 136 Å². The highest BCUT2D eigenvalue weighted by Crippen LogP contribution is 2.40. The normalized spacial score (nSPS) is 11.5. The number of H-pyrrole nitrogens is 1. The molecule has 5 heteroatoms. The van der Waals surface area contributed by atoms with Gasteiger partial charge in [-0.15, -0.1) is 0 Å². The van der Waals surface area contributed by atoms with Crippen molar-refractivity contribution in [2.45, 2.75) is 17.3 Å². The number of aryl methyl sites for hydroxylation is 1. The first-order valence-electron chi connectivity index (χ1n) is 11.6. The van der Waals surface area contributed by atoms with Gasteiger partial charge in [-0.1, -0.05) is 109 Å².